The molecule has 1 aliphatic heterocycles. The molecule has 27 heavy (non-hydrogen) atoms. The summed E-state index contributed by atoms with van der Waals surface area (Å²) in [6.07, 6.45) is 1.73. The summed E-state index contributed by atoms with van der Waals surface area (Å²) in [5, 5.41) is 8.74. The van der Waals surface area contributed by atoms with Crippen LogP contribution < -0.4 is 9.04 Å². The molecule has 2 aromatic carbocycles. The Morgan fingerprint density at radius 3 is 2.59 bits per heavy atom. The molecule has 0 fully saturated rings. The average molecular weight is 386 g/mol. The number of carbonyl (C=O) groups is 1. The average Bonchev–Trinajstić information content (AvgIpc) is 3.09. The summed E-state index contributed by atoms with van der Waals surface area (Å²) >= 11 is 0. The first-order valence-corrected chi connectivity index (χ1v) is 10.1. The summed E-state index contributed by atoms with van der Waals surface area (Å²) in [6, 6.07) is 13.5. The van der Waals surface area contributed by atoms with Crippen molar-refractivity contribution in [2.75, 3.05) is 30.3 Å². The Balaban J connectivity index is 1.54. The zero-order valence-electron chi connectivity index (χ0n) is 14.7. The largest absolute Gasteiger partial charge is 0.490 e. The van der Waals surface area contributed by atoms with Gasteiger partial charge in [-0.25, -0.2) is 13.2 Å². The molecular formula is C19H18N2O5S. The number of benzene rings is 2. The monoisotopic (exact) mass is 386 g/mol. The van der Waals surface area contributed by atoms with Gasteiger partial charge in [0, 0.05) is 6.54 Å². The van der Waals surface area contributed by atoms with Gasteiger partial charge in [-0.2, -0.15) is 5.26 Å². The zero-order valence-corrected chi connectivity index (χ0v) is 15.5. The van der Waals surface area contributed by atoms with Gasteiger partial charge in [-0.15, -0.1) is 0 Å². The van der Waals surface area contributed by atoms with E-state index in [0.717, 1.165) is 11.8 Å². The maximum absolute atomic E-state index is 12.2. The second kappa shape index (κ2) is 7.68. The van der Waals surface area contributed by atoms with E-state index in [-0.39, 0.29) is 13.2 Å². The molecule has 1 heterocycles. The summed E-state index contributed by atoms with van der Waals surface area (Å²) in [6.45, 7) is 0.640. The van der Waals surface area contributed by atoms with Crippen molar-refractivity contribution in [3.63, 3.8) is 0 Å². The van der Waals surface area contributed by atoms with Crippen LogP contribution in [0.25, 0.3) is 0 Å². The van der Waals surface area contributed by atoms with Crippen LogP contribution in [0.5, 0.6) is 5.75 Å². The number of carbonyl (C=O) groups excluding carboxylic acids is 1. The highest BCUT2D eigenvalue weighted by Crippen LogP contribution is 2.30. The Labute approximate surface area is 157 Å². The van der Waals surface area contributed by atoms with E-state index in [1.54, 1.807) is 42.5 Å². The van der Waals surface area contributed by atoms with Crippen molar-refractivity contribution in [2.45, 2.75) is 6.42 Å². The number of esters is 1. The van der Waals surface area contributed by atoms with Gasteiger partial charge >= 0.3 is 5.97 Å². The van der Waals surface area contributed by atoms with Gasteiger partial charge in [0.15, 0.2) is 0 Å². The van der Waals surface area contributed by atoms with E-state index in [0.29, 0.717) is 35.5 Å². The molecule has 0 unspecified atom stereocenters. The highest BCUT2D eigenvalue weighted by Gasteiger charge is 2.26. The van der Waals surface area contributed by atoms with Crippen LogP contribution in [0.4, 0.5) is 5.69 Å². The number of rotatable bonds is 6. The molecule has 0 saturated heterocycles. The van der Waals surface area contributed by atoms with Gasteiger partial charge in [0.05, 0.1) is 29.1 Å². The molecule has 0 amide bonds. The predicted octanol–water partition coefficient (Wildman–Crippen LogP) is 2.12. The van der Waals surface area contributed by atoms with Crippen LogP contribution in [-0.4, -0.2) is 40.4 Å². The highest BCUT2D eigenvalue weighted by molar-refractivity contribution is 7.92. The number of hydrogen-bond donors (Lipinski definition) is 0. The van der Waals surface area contributed by atoms with Crippen LogP contribution in [0.2, 0.25) is 0 Å². The minimum Gasteiger partial charge on any atom is -0.490 e. The zero-order chi connectivity index (χ0) is 19.4. The van der Waals surface area contributed by atoms with Gasteiger partial charge in [-0.3, -0.25) is 4.31 Å². The van der Waals surface area contributed by atoms with Crippen molar-refractivity contribution in [3.8, 4) is 11.8 Å². The van der Waals surface area contributed by atoms with Gasteiger partial charge in [0.25, 0.3) is 0 Å². The van der Waals surface area contributed by atoms with E-state index in [4.69, 9.17) is 14.7 Å². The quantitative estimate of drug-likeness (QED) is 0.557. The molecule has 0 aliphatic carbocycles. The standard InChI is InChI=1S/C19H18N2O5S/c1-27(23,24)21-9-8-15-12-16(4-7-18(15)21)19(22)26-11-10-25-17-5-2-14(13-20)3-6-17/h2-7,12H,8-11H2,1H3. The van der Waals surface area contributed by atoms with Crippen LogP contribution >= 0.6 is 0 Å². The van der Waals surface area contributed by atoms with Crippen molar-refractivity contribution >= 4 is 21.7 Å². The second-order valence-corrected chi connectivity index (χ2v) is 7.96. The minimum atomic E-state index is -3.31. The Kier molecular flexibility index (Phi) is 5.33. The first-order valence-electron chi connectivity index (χ1n) is 8.29. The third-order valence-corrected chi connectivity index (χ3v) is 5.32. The van der Waals surface area contributed by atoms with E-state index in [1.807, 2.05) is 6.07 Å². The topological polar surface area (TPSA) is 96.7 Å². The Morgan fingerprint density at radius 1 is 1.19 bits per heavy atom. The molecule has 0 radical (unpaired) electrons. The summed E-state index contributed by atoms with van der Waals surface area (Å²) in [4.78, 5) is 12.2. The first-order chi connectivity index (χ1) is 12.9. The predicted molar refractivity (Wildman–Crippen MR) is 99.3 cm³/mol. The molecular weight excluding hydrogens is 368 g/mol. The van der Waals surface area contributed by atoms with Crippen molar-refractivity contribution in [1.29, 1.82) is 5.26 Å². The van der Waals surface area contributed by atoms with Gasteiger partial charge < -0.3 is 9.47 Å². The lowest BCUT2D eigenvalue weighted by Crippen LogP contribution is -2.27. The molecule has 7 nitrogen and oxygen atoms in total. The number of fused-ring (bicyclic) bond motifs is 1. The smallest absolute Gasteiger partial charge is 0.338 e. The maximum atomic E-state index is 12.2. The van der Waals surface area contributed by atoms with E-state index >= 15 is 0 Å². The van der Waals surface area contributed by atoms with Gasteiger partial charge in [0.1, 0.15) is 19.0 Å². The molecule has 0 aromatic heterocycles. The molecule has 0 bridgehead atoms. The van der Waals surface area contributed by atoms with E-state index in [9.17, 15) is 13.2 Å². The molecule has 0 atom stereocenters. The fourth-order valence-electron chi connectivity index (χ4n) is 2.85. The minimum absolute atomic E-state index is 0.0748. The second-order valence-electron chi connectivity index (χ2n) is 6.05. The van der Waals surface area contributed by atoms with Crippen molar-refractivity contribution in [2.24, 2.45) is 0 Å². The SMILES string of the molecule is CS(=O)(=O)N1CCc2cc(C(=O)OCCOc3ccc(C#N)cc3)ccc21. The van der Waals surface area contributed by atoms with Crippen LogP contribution in [0.1, 0.15) is 21.5 Å². The summed E-state index contributed by atoms with van der Waals surface area (Å²) in [5.41, 5.74) is 2.34. The van der Waals surface area contributed by atoms with Gasteiger partial charge in [-0.1, -0.05) is 0 Å². The highest BCUT2D eigenvalue weighted by atomic mass is 32.2. The Morgan fingerprint density at radius 2 is 1.93 bits per heavy atom. The molecule has 140 valence electrons. The van der Waals surface area contributed by atoms with Crippen LogP contribution in [0.3, 0.4) is 0 Å². The van der Waals surface area contributed by atoms with Crippen molar-refractivity contribution in [1.82, 2.24) is 0 Å². The van der Waals surface area contributed by atoms with Gasteiger partial charge in [0.2, 0.25) is 10.0 Å². The third-order valence-electron chi connectivity index (χ3n) is 4.14. The lowest BCUT2D eigenvalue weighted by Gasteiger charge is -2.16. The number of nitriles is 1. The normalized spacial score (nSPS) is 13.0. The molecule has 0 spiro atoms. The van der Waals surface area contributed by atoms with E-state index in [1.165, 1.54) is 4.31 Å². The molecule has 3 rings (SSSR count). The molecule has 8 heteroatoms. The van der Waals surface area contributed by atoms with Crippen LogP contribution in [0.15, 0.2) is 42.5 Å². The van der Waals surface area contributed by atoms with Crippen LogP contribution in [-0.2, 0) is 21.2 Å². The number of ether oxygens (including phenoxy) is 2. The Bertz CT molecular complexity index is 994. The number of anilines is 1. The van der Waals surface area contributed by atoms with E-state index < -0.39 is 16.0 Å². The lowest BCUT2D eigenvalue weighted by atomic mass is 10.1. The molecule has 1 aliphatic rings. The Hall–Kier alpha value is -3.05. The van der Waals surface area contributed by atoms with Crippen molar-refractivity contribution in [3.05, 3.63) is 59.2 Å². The number of sulfonamides is 1. The number of nitrogens with zero attached hydrogens (tertiary/aromatic N) is 2. The van der Waals surface area contributed by atoms with Crippen molar-refractivity contribution < 1.29 is 22.7 Å². The summed E-state index contributed by atoms with van der Waals surface area (Å²) in [5.74, 6) is 0.0995. The maximum Gasteiger partial charge on any atom is 0.338 e. The first kappa shape index (κ1) is 18.7. The van der Waals surface area contributed by atoms with Crippen LogP contribution in [0, 0.1) is 11.3 Å². The molecule has 0 saturated carbocycles. The fraction of sp³-hybridized carbons (Fsp3) is 0.263. The fourth-order valence-corrected chi connectivity index (χ4v) is 3.80. The van der Waals surface area contributed by atoms with Gasteiger partial charge in [-0.05, 0) is 54.4 Å². The number of hydrogen-bond acceptors (Lipinski definition) is 6. The summed E-state index contributed by atoms with van der Waals surface area (Å²) in [7, 11) is -3.31. The third kappa shape index (κ3) is 4.38. The van der Waals surface area contributed by atoms with E-state index in [2.05, 4.69) is 0 Å². The molecule has 0 N–H and O–H groups in total. The lowest BCUT2D eigenvalue weighted by molar-refractivity contribution is 0.0450. The molecule has 2 aromatic rings. The summed E-state index contributed by atoms with van der Waals surface area (Å²) < 4.78 is 35.5.